The van der Waals surface area contributed by atoms with Gasteiger partial charge in [-0.2, -0.15) is 5.10 Å². The molecule has 1 saturated carbocycles. The maximum atomic E-state index is 11.9. The molecule has 2 fully saturated rings. The molecule has 0 unspecified atom stereocenters. The summed E-state index contributed by atoms with van der Waals surface area (Å²) < 4.78 is 0. The van der Waals surface area contributed by atoms with E-state index < -0.39 is 5.60 Å². The molecule has 0 aromatic heterocycles. The Morgan fingerprint density at radius 3 is 2.61 bits per heavy atom. The average Bonchev–Trinajstić information content (AvgIpc) is 3.09. The molecule has 1 N–H and O–H groups in total. The lowest BCUT2D eigenvalue weighted by Crippen LogP contribution is -2.51. The Morgan fingerprint density at radius 1 is 1.33 bits per heavy atom. The number of nitrogens with zero attached hydrogens (tertiary/aromatic N) is 3. The monoisotopic (exact) mass is 251 g/mol. The van der Waals surface area contributed by atoms with E-state index in [-0.39, 0.29) is 0 Å². The Bertz CT molecular complexity index is 357. The Kier molecular flexibility index (Phi) is 3.01. The fourth-order valence-electron chi connectivity index (χ4n) is 2.79. The van der Waals surface area contributed by atoms with Gasteiger partial charge in [-0.05, 0) is 25.7 Å². The van der Waals surface area contributed by atoms with Gasteiger partial charge in [0.1, 0.15) is 0 Å². The minimum absolute atomic E-state index is 0.291. The van der Waals surface area contributed by atoms with E-state index >= 15 is 0 Å². The molecule has 3 aliphatic rings. The highest BCUT2D eigenvalue weighted by atomic mass is 16.3. The molecule has 1 aliphatic carbocycles. The van der Waals surface area contributed by atoms with E-state index in [0.29, 0.717) is 44.3 Å². The number of aliphatic hydroxyl groups is 1. The van der Waals surface area contributed by atoms with Gasteiger partial charge < -0.3 is 10.0 Å². The quantitative estimate of drug-likeness (QED) is 0.792. The van der Waals surface area contributed by atoms with Gasteiger partial charge in [0.2, 0.25) is 5.91 Å². The number of hydrogen-bond donors (Lipinski definition) is 1. The summed E-state index contributed by atoms with van der Waals surface area (Å²) in [6.45, 7) is 2.91. The zero-order chi connectivity index (χ0) is 12.6. The SMILES string of the molecule is O=C(C1CC1)N1CCC(O)(CN2CCC=N2)CC1. The third-order valence-electron chi connectivity index (χ3n) is 4.17. The number of carbonyl (C=O) groups excluding carboxylic acids is 1. The average molecular weight is 251 g/mol. The molecule has 1 saturated heterocycles. The van der Waals surface area contributed by atoms with Crippen LogP contribution in [0.15, 0.2) is 5.10 Å². The molecule has 0 atom stereocenters. The number of carbonyl (C=O) groups is 1. The van der Waals surface area contributed by atoms with Gasteiger partial charge in [-0.25, -0.2) is 0 Å². The lowest BCUT2D eigenvalue weighted by atomic mass is 9.91. The van der Waals surface area contributed by atoms with Gasteiger partial charge in [0.25, 0.3) is 0 Å². The van der Waals surface area contributed by atoms with Crippen LogP contribution in [0.2, 0.25) is 0 Å². The van der Waals surface area contributed by atoms with Crippen LogP contribution in [0.25, 0.3) is 0 Å². The van der Waals surface area contributed by atoms with Crippen LogP contribution in [0.5, 0.6) is 0 Å². The van der Waals surface area contributed by atoms with Gasteiger partial charge in [0, 0.05) is 38.2 Å². The second-order valence-electron chi connectivity index (χ2n) is 5.80. The lowest BCUT2D eigenvalue weighted by Gasteiger charge is -2.39. The van der Waals surface area contributed by atoms with Gasteiger partial charge >= 0.3 is 0 Å². The summed E-state index contributed by atoms with van der Waals surface area (Å²) in [7, 11) is 0. The van der Waals surface area contributed by atoms with Gasteiger partial charge in [-0.3, -0.25) is 9.80 Å². The predicted octanol–water partition coefficient (Wildman–Crippen LogP) is 0.441. The molecule has 0 bridgehead atoms. The minimum atomic E-state index is -0.665. The highest BCUT2D eigenvalue weighted by Gasteiger charge is 2.39. The Labute approximate surface area is 107 Å². The molecule has 5 nitrogen and oxygen atoms in total. The Balaban J connectivity index is 1.51. The molecule has 0 aromatic rings. The summed E-state index contributed by atoms with van der Waals surface area (Å²) in [4.78, 5) is 13.9. The van der Waals surface area contributed by atoms with Crippen molar-refractivity contribution in [3.8, 4) is 0 Å². The third kappa shape index (κ3) is 2.51. The number of amides is 1. The van der Waals surface area contributed by atoms with Gasteiger partial charge in [-0.15, -0.1) is 0 Å². The van der Waals surface area contributed by atoms with Gasteiger partial charge in [-0.1, -0.05) is 0 Å². The molecule has 1 amide bonds. The Morgan fingerprint density at radius 2 is 2.06 bits per heavy atom. The van der Waals surface area contributed by atoms with Crippen molar-refractivity contribution in [1.29, 1.82) is 0 Å². The summed E-state index contributed by atoms with van der Waals surface area (Å²) in [6, 6.07) is 0. The second-order valence-corrected chi connectivity index (χ2v) is 5.80. The molecular weight excluding hydrogens is 230 g/mol. The van der Waals surface area contributed by atoms with Crippen molar-refractivity contribution >= 4 is 12.1 Å². The minimum Gasteiger partial charge on any atom is -0.388 e. The fourth-order valence-corrected chi connectivity index (χ4v) is 2.79. The van der Waals surface area contributed by atoms with Crippen LogP contribution in [-0.2, 0) is 4.79 Å². The van der Waals surface area contributed by atoms with Crippen LogP contribution < -0.4 is 0 Å². The lowest BCUT2D eigenvalue weighted by molar-refractivity contribution is -0.137. The van der Waals surface area contributed by atoms with E-state index in [1.807, 2.05) is 16.1 Å². The molecule has 0 radical (unpaired) electrons. The molecule has 5 heteroatoms. The molecule has 0 aromatic carbocycles. The fraction of sp³-hybridized carbons (Fsp3) is 0.846. The molecule has 100 valence electrons. The van der Waals surface area contributed by atoms with Crippen LogP contribution in [0, 0.1) is 5.92 Å². The van der Waals surface area contributed by atoms with Crippen molar-refractivity contribution in [2.45, 2.75) is 37.7 Å². The zero-order valence-corrected chi connectivity index (χ0v) is 10.7. The predicted molar refractivity (Wildman–Crippen MR) is 68.2 cm³/mol. The summed E-state index contributed by atoms with van der Waals surface area (Å²) in [5.41, 5.74) is -0.665. The van der Waals surface area contributed by atoms with Crippen molar-refractivity contribution in [2.75, 3.05) is 26.2 Å². The van der Waals surface area contributed by atoms with Crippen LogP contribution in [0.4, 0.5) is 0 Å². The number of hydrogen-bond acceptors (Lipinski definition) is 4. The van der Waals surface area contributed by atoms with Crippen molar-refractivity contribution in [2.24, 2.45) is 11.0 Å². The standard InChI is InChI=1S/C13H21N3O2/c17-12(11-2-3-11)15-8-4-13(18,5-9-15)10-16-7-1-6-14-16/h6,11,18H,1-5,7-10H2. The van der Waals surface area contributed by atoms with Crippen molar-refractivity contribution in [1.82, 2.24) is 9.91 Å². The molecule has 2 aliphatic heterocycles. The van der Waals surface area contributed by atoms with Gasteiger partial charge in [0.05, 0.1) is 12.1 Å². The third-order valence-corrected chi connectivity index (χ3v) is 4.17. The van der Waals surface area contributed by atoms with E-state index in [1.54, 1.807) is 0 Å². The van der Waals surface area contributed by atoms with Crippen LogP contribution in [0.1, 0.15) is 32.1 Å². The molecule has 3 rings (SSSR count). The van der Waals surface area contributed by atoms with E-state index in [4.69, 9.17) is 0 Å². The Hall–Kier alpha value is -1.10. The van der Waals surface area contributed by atoms with Crippen LogP contribution in [0.3, 0.4) is 0 Å². The van der Waals surface area contributed by atoms with Crippen molar-refractivity contribution in [3.63, 3.8) is 0 Å². The van der Waals surface area contributed by atoms with E-state index in [0.717, 1.165) is 25.8 Å². The summed E-state index contributed by atoms with van der Waals surface area (Å²) in [5.74, 6) is 0.593. The first kappa shape index (κ1) is 12.0. The molecule has 18 heavy (non-hydrogen) atoms. The highest BCUT2D eigenvalue weighted by molar-refractivity contribution is 5.81. The first-order valence-electron chi connectivity index (χ1n) is 6.95. The van der Waals surface area contributed by atoms with Crippen LogP contribution in [-0.4, -0.2) is 58.9 Å². The number of hydrazone groups is 1. The zero-order valence-electron chi connectivity index (χ0n) is 10.7. The maximum absolute atomic E-state index is 11.9. The van der Waals surface area contributed by atoms with E-state index in [1.165, 1.54) is 0 Å². The van der Waals surface area contributed by atoms with Crippen molar-refractivity contribution < 1.29 is 9.90 Å². The smallest absolute Gasteiger partial charge is 0.225 e. The van der Waals surface area contributed by atoms with Crippen LogP contribution >= 0.6 is 0 Å². The highest BCUT2D eigenvalue weighted by Crippen LogP contribution is 2.33. The second kappa shape index (κ2) is 4.53. The largest absolute Gasteiger partial charge is 0.388 e. The van der Waals surface area contributed by atoms with E-state index in [2.05, 4.69) is 5.10 Å². The summed E-state index contributed by atoms with van der Waals surface area (Å²) >= 11 is 0. The first-order valence-corrected chi connectivity index (χ1v) is 6.95. The first-order chi connectivity index (χ1) is 8.66. The van der Waals surface area contributed by atoms with Crippen molar-refractivity contribution in [3.05, 3.63) is 0 Å². The van der Waals surface area contributed by atoms with Gasteiger partial charge in [0.15, 0.2) is 0 Å². The maximum Gasteiger partial charge on any atom is 0.225 e. The summed E-state index contributed by atoms with van der Waals surface area (Å²) in [5, 5.41) is 16.7. The number of likely N-dealkylation sites (tertiary alicyclic amines) is 1. The normalized spacial score (nSPS) is 26.7. The molecular formula is C13H21N3O2. The molecule has 2 heterocycles. The summed E-state index contributed by atoms with van der Waals surface area (Å²) in [6.07, 6.45) is 6.34. The number of piperidine rings is 1. The number of β-amino-alcohol motifs (C(OH)–C–C–N with tert-alkyl or cyclic N) is 1. The van der Waals surface area contributed by atoms with E-state index in [9.17, 15) is 9.90 Å². The topological polar surface area (TPSA) is 56.1 Å². The number of rotatable bonds is 3. The molecule has 0 spiro atoms.